The van der Waals surface area contributed by atoms with Crippen LogP contribution in [0.15, 0.2) is 23.0 Å². The zero-order chi connectivity index (χ0) is 20.7. The molecule has 8 nitrogen and oxygen atoms in total. The van der Waals surface area contributed by atoms with Gasteiger partial charge in [0.25, 0.3) is 5.56 Å². The van der Waals surface area contributed by atoms with E-state index in [1.54, 1.807) is 13.1 Å². The average Bonchev–Trinajstić information content (AvgIpc) is 3.14. The van der Waals surface area contributed by atoms with Crippen LogP contribution in [0.1, 0.15) is 45.7 Å². The van der Waals surface area contributed by atoms with Crippen LogP contribution in [0.2, 0.25) is 0 Å². The Morgan fingerprint density at radius 3 is 3.03 bits per heavy atom. The first-order valence-corrected chi connectivity index (χ1v) is 11.1. The van der Waals surface area contributed by atoms with Gasteiger partial charge in [-0.15, -0.1) is 15.3 Å². The van der Waals surface area contributed by atoms with E-state index in [0.29, 0.717) is 36.6 Å². The number of fused-ring (bicyclic) bond motifs is 1. The highest BCUT2D eigenvalue weighted by atomic mass is 32.1. The number of anilines is 1. The molecule has 0 unspecified atom stereocenters. The Labute approximate surface area is 178 Å². The van der Waals surface area contributed by atoms with Crippen LogP contribution in [0.3, 0.4) is 0 Å². The number of aryl methyl sites for hydroxylation is 4. The Bertz CT molecular complexity index is 1140. The molecule has 0 radical (unpaired) electrons. The zero-order valence-corrected chi connectivity index (χ0v) is 17.9. The summed E-state index contributed by atoms with van der Waals surface area (Å²) in [4.78, 5) is 17.2. The van der Waals surface area contributed by atoms with Crippen molar-refractivity contribution >= 4 is 17.0 Å². The molecule has 3 heterocycles. The SMILES string of the molecule is Cc1nnc(CNc2cc(OC[C@H]3C[C@@H]3c3ccc4c(n3)CCC4)nn(C)c2=O)s1. The smallest absolute Gasteiger partial charge is 0.290 e. The van der Waals surface area contributed by atoms with Gasteiger partial charge in [0.2, 0.25) is 5.88 Å². The number of nitrogens with one attached hydrogen (secondary N) is 1. The molecule has 3 aromatic rings. The van der Waals surface area contributed by atoms with Gasteiger partial charge >= 0.3 is 0 Å². The fourth-order valence-electron chi connectivity index (χ4n) is 3.99. The molecule has 1 N–H and O–H groups in total. The van der Waals surface area contributed by atoms with Crippen molar-refractivity contribution < 1.29 is 4.74 Å². The van der Waals surface area contributed by atoms with Gasteiger partial charge in [-0.2, -0.15) is 0 Å². The van der Waals surface area contributed by atoms with Crippen molar-refractivity contribution in [2.45, 2.75) is 45.1 Å². The number of ether oxygens (including phenoxy) is 1. The number of pyridine rings is 1. The van der Waals surface area contributed by atoms with Crippen molar-refractivity contribution in [1.29, 1.82) is 0 Å². The van der Waals surface area contributed by atoms with Crippen molar-refractivity contribution in [3.8, 4) is 5.88 Å². The van der Waals surface area contributed by atoms with Crippen LogP contribution in [0.5, 0.6) is 5.88 Å². The molecule has 156 valence electrons. The first-order valence-electron chi connectivity index (χ1n) is 10.3. The maximum atomic E-state index is 12.4. The van der Waals surface area contributed by atoms with Crippen LogP contribution in [-0.4, -0.2) is 31.6 Å². The minimum atomic E-state index is -0.199. The van der Waals surface area contributed by atoms with Crippen molar-refractivity contribution in [2.75, 3.05) is 11.9 Å². The van der Waals surface area contributed by atoms with Gasteiger partial charge in [-0.3, -0.25) is 9.78 Å². The molecule has 0 aromatic carbocycles. The molecule has 1 saturated carbocycles. The van der Waals surface area contributed by atoms with E-state index >= 15 is 0 Å². The van der Waals surface area contributed by atoms with Gasteiger partial charge in [-0.25, -0.2) is 4.68 Å². The van der Waals surface area contributed by atoms with Crippen molar-refractivity contribution in [1.82, 2.24) is 25.0 Å². The number of aromatic nitrogens is 5. The lowest BCUT2D eigenvalue weighted by Gasteiger charge is -2.10. The van der Waals surface area contributed by atoms with E-state index in [9.17, 15) is 4.79 Å². The van der Waals surface area contributed by atoms with Crippen LogP contribution in [0, 0.1) is 12.8 Å². The maximum absolute atomic E-state index is 12.4. The van der Waals surface area contributed by atoms with Crippen LogP contribution in [0.25, 0.3) is 0 Å². The minimum Gasteiger partial charge on any atom is -0.476 e. The summed E-state index contributed by atoms with van der Waals surface area (Å²) in [6.07, 6.45) is 4.56. The highest BCUT2D eigenvalue weighted by Crippen LogP contribution is 2.47. The van der Waals surface area contributed by atoms with E-state index in [1.165, 1.54) is 39.4 Å². The fourth-order valence-corrected chi connectivity index (χ4v) is 4.64. The molecule has 1 fully saturated rings. The molecule has 0 amide bonds. The monoisotopic (exact) mass is 424 g/mol. The summed E-state index contributed by atoms with van der Waals surface area (Å²) in [6, 6.07) is 6.09. The van der Waals surface area contributed by atoms with Crippen molar-refractivity contribution in [2.24, 2.45) is 13.0 Å². The van der Waals surface area contributed by atoms with Gasteiger partial charge in [0.15, 0.2) is 0 Å². The van der Waals surface area contributed by atoms with E-state index in [4.69, 9.17) is 9.72 Å². The van der Waals surface area contributed by atoms with E-state index in [-0.39, 0.29) is 5.56 Å². The second kappa shape index (κ2) is 7.79. The molecule has 0 bridgehead atoms. The molecule has 2 aliphatic rings. The van der Waals surface area contributed by atoms with E-state index in [0.717, 1.165) is 29.3 Å². The molecule has 0 saturated heterocycles. The Morgan fingerprint density at radius 1 is 1.30 bits per heavy atom. The van der Waals surface area contributed by atoms with Crippen molar-refractivity contribution in [3.05, 3.63) is 55.5 Å². The third-order valence-electron chi connectivity index (χ3n) is 5.74. The van der Waals surface area contributed by atoms with Gasteiger partial charge in [-0.1, -0.05) is 17.4 Å². The van der Waals surface area contributed by atoms with Crippen LogP contribution < -0.4 is 15.6 Å². The molecule has 0 spiro atoms. The standard InChI is InChI=1S/C21H24N6O2S/c1-12-24-25-20(30-12)10-22-18-9-19(26-27(2)21(18)28)29-11-14-8-15(14)17-7-6-13-4-3-5-16(13)23-17/h6-7,9,14-15,22H,3-5,8,10-11H2,1-2H3/t14-,15+/m1/s1. The summed E-state index contributed by atoms with van der Waals surface area (Å²) in [7, 11) is 1.63. The fraction of sp³-hybridized carbons (Fsp3) is 0.476. The number of rotatable bonds is 7. The molecule has 9 heteroatoms. The Kier molecular flexibility index (Phi) is 4.98. The van der Waals surface area contributed by atoms with Gasteiger partial charge in [-0.05, 0) is 44.2 Å². The first kappa shape index (κ1) is 19.2. The van der Waals surface area contributed by atoms with E-state index in [1.807, 2.05) is 6.92 Å². The quantitative estimate of drug-likeness (QED) is 0.623. The summed E-state index contributed by atoms with van der Waals surface area (Å²) >= 11 is 1.50. The molecule has 2 atom stereocenters. The third-order valence-corrected chi connectivity index (χ3v) is 6.57. The molecule has 3 aromatic heterocycles. The molecule has 30 heavy (non-hydrogen) atoms. The Balaban J connectivity index is 1.21. The molecule has 2 aliphatic carbocycles. The number of nitrogens with zero attached hydrogens (tertiary/aromatic N) is 5. The first-order chi connectivity index (χ1) is 14.6. The van der Waals surface area contributed by atoms with E-state index < -0.39 is 0 Å². The predicted molar refractivity (Wildman–Crippen MR) is 114 cm³/mol. The molecular formula is C21H24N6O2S. The van der Waals surface area contributed by atoms with Crippen LogP contribution >= 0.6 is 11.3 Å². The molecule has 0 aliphatic heterocycles. The largest absolute Gasteiger partial charge is 0.476 e. The normalized spacial score (nSPS) is 19.5. The second-order valence-corrected chi connectivity index (χ2v) is 9.27. The van der Waals surface area contributed by atoms with Crippen LogP contribution in [-0.2, 0) is 26.4 Å². The predicted octanol–water partition coefficient (Wildman–Crippen LogP) is 2.62. The van der Waals surface area contributed by atoms with E-state index in [2.05, 4.69) is 32.7 Å². The second-order valence-electron chi connectivity index (χ2n) is 8.00. The highest BCUT2D eigenvalue weighted by molar-refractivity contribution is 7.11. The third kappa shape index (κ3) is 3.94. The average molecular weight is 425 g/mol. The highest BCUT2D eigenvalue weighted by Gasteiger charge is 2.40. The van der Waals surface area contributed by atoms with Gasteiger partial charge in [0, 0.05) is 36.3 Å². The number of hydrogen-bond donors (Lipinski definition) is 1. The Morgan fingerprint density at radius 2 is 2.20 bits per heavy atom. The maximum Gasteiger partial charge on any atom is 0.290 e. The number of hydrogen-bond acceptors (Lipinski definition) is 8. The van der Waals surface area contributed by atoms with Gasteiger partial charge < -0.3 is 10.1 Å². The summed E-state index contributed by atoms with van der Waals surface area (Å²) in [6.45, 7) is 2.92. The lowest BCUT2D eigenvalue weighted by molar-refractivity contribution is 0.278. The van der Waals surface area contributed by atoms with Crippen molar-refractivity contribution in [3.63, 3.8) is 0 Å². The lowest BCUT2D eigenvalue weighted by atomic mass is 10.1. The summed E-state index contributed by atoms with van der Waals surface area (Å²) in [5, 5.41) is 17.2. The zero-order valence-electron chi connectivity index (χ0n) is 17.1. The lowest BCUT2D eigenvalue weighted by Crippen LogP contribution is -2.24. The van der Waals surface area contributed by atoms with Crippen LogP contribution in [0.4, 0.5) is 5.69 Å². The molecular weight excluding hydrogens is 400 g/mol. The summed E-state index contributed by atoms with van der Waals surface area (Å²) in [5.74, 6) is 1.35. The summed E-state index contributed by atoms with van der Waals surface area (Å²) < 4.78 is 7.24. The van der Waals surface area contributed by atoms with Gasteiger partial charge in [0.05, 0.1) is 13.2 Å². The Hall–Kier alpha value is -2.81. The van der Waals surface area contributed by atoms with Gasteiger partial charge in [0.1, 0.15) is 15.7 Å². The minimum absolute atomic E-state index is 0.199. The summed E-state index contributed by atoms with van der Waals surface area (Å²) in [5.41, 5.74) is 4.12. The topological polar surface area (TPSA) is 94.8 Å². The molecule has 5 rings (SSSR count).